The van der Waals surface area contributed by atoms with E-state index in [0.717, 1.165) is 11.1 Å². The van der Waals surface area contributed by atoms with E-state index in [2.05, 4.69) is 10.3 Å². The van der Waals surface area contributed by atoms with E-state index >= 15 is 0 Å². The minimum Gasteiger partial charge on any atom is -0.489 e. The lowest BCUT2D eigenvalue weighted by molar-refractivity contribution is -0.118. The fourth-order valence-electron chi connectivity index (χ4n) is 3.85. The number of ketones is 1. The summed E-state index contributed by atoms with van der Waals surface area (Å²) >= 11 is 6.27. The van der Waals surface area contributed by atoms with E-state index in [1.807, 2.05) is 55.8 Å². The second kappa shape index (κ2) is 11.9. The second-order valence-corrected chi connectivity index (χ2v) is 9.25. The third-order valence-corrected chi connectivity index (χ3v) is 5.80. The number of carbonyl (C=O) groups excluding carboxylic acids is 3. The molecule has 8 nitrogen and oxygen atoms in total. The first-order valence-electron chi connectivity index (χ1n) is 11.8. The van der Waals surface area contributed by atoms with Crippen molar-refractivity contribution in [2.24, 2.45) is 5.73 Å². The van der Waals surface area contributed by atoms with Crippen molar-refractivity contribution >= 4 is 29.2 Å². The molecule has 0 radical (unpaired) electrons. The van der Waals surface area contributed by atoms with Gasteiger partial charge in [-0.2, -0.15) is 0 Å². The fourth-order valence-corrected chi connectivity index (χ4v) is 4.08. The molecule has 0 bridgehead atoms. The number of hydrogen-bond donors (Lipinski definition) is 2. The van der Waals surface area contributed by atoms with E-state index < -0.39 is 11.9 Å². The number of nitrogens with one attached hydrogen (secondary N) is 1. The summed E-state index contributed by atoms with van der Waals surface area (Å²) in [4.78, 5) is 40.8. The molecule has 0 aliphatic rings. The van der Waals surface area contributed by atoms with Gasteiger partial charge in [-0.15, -0.1) is 0 Å². The van der Waals surface area contributed by atoms with Gasteiger partial charge in [0.2, 0.25) is 5.91 Å². The molecule has 3 N–H and O–H groups in total. The molecule has 3 aromatic rings. The summed E-state index contributed by atoms with van der Waals surface area (Å²) in [5.41, 5.74) is 8.27. The maximum Gasteiger partial charge on any atom is 0.251 e. The third-order valence-electron chi connectivity index (χ3n) is 5.50. The van der Waals surface area contributed by atoms with Gasteiger partial charge in [-0.25, -0.2) is 4.98 Å². The highest BCUT2D eigenvalue weighted by atomic mass is 35.5. The molecule has 0 saturated heterocycles. The molecule has 0 spiro atoms. The molecule has 0 aliphatic carbocycles. The maximum atomic E-state index is 12.9. The van der Waals surface area contributed by atoms with E-state index in [9.17, 15) is 14.4 Å². The van der Waals surface area contributed by atoms with Crippen molar-refractivity contribution in [3.8, 4) is 17.0 Å². The Morgan fingerprint density at radius 2 is 1.83 bits per heavy atom. The molecule has 36 heavy (non-hydrogen) atoms. The van der Waals surface area contributed by atoms with Crippen molar-refractivity contribution in [2.75, 3.05) is 0 Å². The van der Waals surface area contributed by atoms with E-state index in [1.165, 1.54) is 13.0 Å². The van der Waals surface area contributed by atoms with Gasteiger partial charge in [0.25, 0.3) is 5.91 Å². The van der Waals surface area contributed by atoms with Gasteiger partial charge in [0.15, 0.2) is 11.6 Å². The summed E-state index contributed by atoms with van der Waals surface area (Å²) in [5, 5.41) is 3.22. The Morgan fingerprint density at radius 3 is 2.36 bits per heavy atom. The number of ether oxygens (including phenoxy) is 1. The summed E-state index contributed by atoms with van der Waals surface area (Å²) in [6, 6.07) is 11.9. The monoisotopic (exact) mass is 510 g/mol. The molecule has 190 valence electrons. The van der Waals surface area contributed by atoms with E-state index in [4.69, 9.17) is 22.1 Å². The Kier molecular flexibility index (Phi) is 8.88. The van der Waals surface area contributed by atoms with Gasteiger partial charge < -0.3 is 20.4 Å². The van der Waals surface area contributed by atoms with Crippen LogP contribution in [0, 0.1) is 0 Å². The zero-order valence-corrected chi connectivity index (χ0v) is 21.6. The van der Waals surface area contributed by atoms with E-state index in [0.29, 0.717) is 40.8 Å². The van der Waals surface area contributed by atoms with Crippen LogP contribution >= 0.6 is 11.6 Å². The first kappa shape index (κ1) is 26.9. The zero-order valence-electron chi connectivity index (χ0n) is 20.9. The normalized spacial score (nSPS) is 11.8. The molecule has 2 aromatic carbocycles. The van der Waals surface area contributed by atoms with Crippen molar-refractivity contribution in [2.45, 2.75) is 59.2 Å². The number of carbonyl (C=O) groups is 3. The number of halogens is 1. The zero-order chi connectivity index (χ0) is 26.4. The van der Waals surface area contributed by atoms with Crippen molar-refractivity contribution in [1.29, 1.82) is 0 Å². The Balaban J connectivity index is 1.73. The highest BCUT2D eigenvalue weighted by Gasteiger charge is 2.19. The van der Waals surface area contributed by atoms with Crippen molar-refractivity contribution < 1.29 is 19.1 Å². The molecule has 1 aromatic heterocycles. The van der Waals surface area contributed by atoms with Gasteiger partial charge in [0, 0.05) is 43.3 Å². The lowest BCUT2D eigenvalue weighted by atomic mass is 10.0. The summed E-state index contributed by atoms with van der Waals surface area (Å²) in [5.74, 6) is -0.0516. The summed E-state index contributed by atoms with van der Waals surface area (Å²) < 4.78 is 7.43. The first-order valence-corrected chi connectivity index (χ1v) is 12.2. The minimum absolute atomic E-state index is 0.0152. The molecule has 0 fully saturated rings. The van der Waals surface area contributed by atoms with Crippen LogP contribution in [0.15, 0.2) is 48.7 Å². The number of nitrogens with two attached hydrogens (primary N) is 1. The van der Waals surface area contributed by atoms with Crippen LogP contribution in [0.3, 0.4) is 0 Å². The van der Waals surface area contributed by atoms with Crippen LogP contribution in [0.2, 0.25) is 5.02 Å². The average molecular weight is 511 g/mol. The van der Waals surface area contributed by atoms with Crippen LogP contribution in [-0.4, -0.2) is 39.3 Å². The molecular formula is C27H31ClN4O4. The Bertz CT molecular complexity index is 1250. The third kappa shape index (κ3) is 6.95. The summed E-state index contributed by atoms with van der Waals surface area (Å²) in [7, 11) is 0. The summed E-state index contributed by atoms with van der Waals surface area (Å²) in [6.07, 6.45) is 2.19. The predicted molar refractivity (Wildman–Crippen MR) is 139 cm³/mol. The quantitative estimate of drug-likeness (QED) is 0.370. The van der Waals surface area contributed by atoms with Crippen molar-refractivity contribution in [1.82, 2.24) is 14.9 Å². The molecule has 3 rings (SSSR count). The number of rotatable bonds is 11. The highest BCUT2D eigenvalue weighted by molar-refractivity contribution is 6.32. The summed E-state index contributed by atoms with van der Waals surface area (Å²) in [6.45, 7) is 7.87. The van der Waals surface area contributed by atoms with Crippen LogP contribution < -0.4 is 15.8 Å². The Hall–Kier alpha value is -3.65. The Morgan fingerprint density at radius 1 is 1.14 bits per heavy atom. The van der Waals surface area contributed by atoms with Crippen molar-refractivity contribution in [3.63, 3.8) is 0 Å². The van der Waals surface area contributed by atoms with Gasteiger partial charge in [-0.1, -0.05) is 35.9 Å². The molecule has 1 unspecified atom stereocenters. The van der Waals surface area contributed by atoms with Gasteiger partial charge in [-0.05, 0) is 51.0 Å². The highest BCUT2D eigenvalue weighted by Crippen LogP contribution is 2.26. The lowest BCUT2D eigenvalue weighted by Crippen LogP contribution is -2.39. The smallest absolute Gasteiger partial charge is 0.251 e. The molecule has 1 heterocycles. The Labute approximate surface area is 215 Å². The average Bonchev–Trinajstić information content (AvgIpc) is 3.25. The molecule has 2 amide bonds. The lowest BCUT2D eigenvalue weighted by Gasteiger charge is -2.18. The second-order valence-electron chi connectivity index (χ2n) is 8.85. The molecule has 0 saturated carbocycles. The maximum absolute atomic E-state index is 12.9. The number of aromatic nitrogens is 2. The minimum atomic E-state index is -0.516. The topological polar surface area (TPSA) is 116 Å². The molecular weight excluding hydrogens is 480 g/mol. The van der Waals surface area contributed by atoms with Gasteiger partial charge >= 0.3 is 0 Å². The number of hydrogen-bond acceptors (Lipinski definition) is 5. The van der Waals surface area contributed by atoms with E-state index in [-0.39, 0.29) is 24.2 Å². The number of imidazole rings is 1. The number of amides is 2. The van der Waals surface area contributed by atoms with Crippen LogP contribution in [0.25, 0.3) is 11.3 Å². The fraction of sp³-hybridized carbons (Fsp3) is 0.333. The largest absolute Gasteiger partial charge is 0.489 e. The number of primary amides is 1. The standard InChI is InChI=1S/C27H31ClN4O4/c1-5-32-15-23(31-26(32)17(4)33)19-8-6-18(7-9-19)12-21(14-25(29)34)30-27(35)20-10-11-24(22(28)13-20)36-16(2)3/h6-11,13,15-16,21H,5,12,14H2,1-4H3,(H2,29,34)(H,30,35). The number of nitrogens with zero attached hydrogens (tertiary/aromatic N) is 2. The number of benzene rings is 2. The molecule has 0 aliphatic heterocycles. The van der Waals surface area contributed by atoms with E-state index in [1.54, 1.807) is 12.1 Å². The predicted octanol–water partition coefficient (Wildman–Crippen LogP) is 4.43. The molecule has 9 heteroatoms. The van der Waals surface area contributed by atoms with Gasteiger partial charge in [0.1, 0.15) is 5.75 Å². The van der Waals surface area contributed by atoms with Gasteiger partial charge in [-0.3, -0.25) is 14.4 Å². The SMILES string of the molecule is CCn1cc(-c2ccc(CC(CC(N)=O)NC(=O)c3ccc(OC(C)C)c(Cl)c3)cc2)nc1C(C)=O. The number of aryl methyl sites for hydroxylation is 1. The van der Waals surface area contributed by atoms with Crippen molar-refractivity contribution in [3.05, 3.63) is 70.6 Å². The van der Waals surface area contributed by atoms with Crippen LogP contribution in [-0.2, 0) is 17.8 Å². The molecule has 1 atom stereocenters. The van der Waals surface area contributed by atoms with Crippen LogP contribution in [0.4, 0.5) is 0 Å². The first-order chi connectivity index (χ1) is 17.1. The van der Waals surface area contributed by atoms with Gasteiger partial charge in [0.05, 0.1) is 16.8 Å². The van der Waals surface area contributed by atoms with Crippen LogP contribution in [0.1, 0.15) is 60.7 Å². The number of Topliss-reactive ketones (excluding diaryl/α,β-unsaturated/α-hetero) is 1. The van der Waals surface area contributed by atoms with Crippen LogP contribution in [0.5, 0.6) is 5.75 Å².